The van der Waals surface area contributed by atoms with Crippen LogP contribution in [-0.4, -0.2) is 23.7 Å². The summed E-state index contributed by atoms with van der Waals surface area (Å²) in [6.07, 6.45) is 3.32. The Morgan fingerprint density at radius 1 is 1.04 bits per heavy atom. The van der Waals surface area contributed by atoms with Gasteiger partial charge in [-0.2, -0.15) is 0 Å². The van der Waals surface area contributed by atoms with E-state index in [1.54, 1.807) is 6.07 Å². The van der Waals surface area contributed by atoms with E-state index in [0.717, 1.165) is 5.56 Å². The Labute approximate surface area is 134 Å². The molecule has 0 spiro atoms. The smallest absolute Gasteiger partial charge is 0.232 e. The van der Waals surface area contributed by atoms with Crippen molar-refractivity contribution in [2.75, 3.05) is 5.75 Å². The zero-order valence-corrected chi connectivity index (χ0v) is 13.1. The molecule has 6 heteroatoms. The number of aryl methyl sites for hydroxylation is 1. The van der Waals surface area contributed by atoms with Crippen molar-refractivity contribution < 1.29 is 12.8 Å². The monoisotopic (exact) mass is 330 g/mol. The molecule has 118 valence electrons. The SMILES string of the molecule is O=S(=O)(CCc1ccccc1)c1nccn1-c1cccc(F)c1. The average molecular weight is 330 g/mol. The van der Waals surface area contributed by atoms with E-state index in [1.165, 1.54) is 35.2 Å². The molecule has 0 radical (unpaired) electrons. The summed E-state index contributed by atoms with van der Waals surface area (Å²) >= 11 is 0. The van der Waals surface area contributed by atoms with E-state index in [1.807, 2.05) is 30.3 Å². The highest BCUT2D eigenvalue weighted by Gasteiger charge is 2.21. The van der Waals surface area contributed by atoms with Crippen molar-refractivity contribution in [1.29, 1.82) is 0 Å². The highest BCUT2D eigenvalue weighted by Crippen LogP contribution is 2.17. The summed E-state index contributed by atoms with van der Waals surface area (Å²) in [6, 6.07) is 15.1. The summed E-state index contributed by atoms with van der Waals surface area (Å²) in [5.74, 6) is -0.479. The standard InChI is InChI=1S/C17H15FN2O2S/c18-15-7-4-8-16(13-15)20-11-10-19-17(20)23(21,22)12-9-14-5-2-1-3-6-14/h1-8,10-11,13H,9,12H2. The van der Waals surface area contributed by atoms with Crippen LogP contribution in [0.3, 0.4) is 0 Å². The topological polar surface area (TPSA) is 52.0 Å². The van der Waals surface area contributed by atoms with Gasteiger partial charge >= 0.3 is 0 Å². The van der Waals surface area contributed by atoms with Crippen molar-refractivity contribution in [3.8, 4) is 5.69 Å². The molecule has 0 aliphatic carbocycles. The van der Waals surface area contributed by atoms with Gasteiger partial charge in [-0.15, -0.1) is 0 Å². The van der Waals surface area contributed by atoms with Gasteiger partial charge in [0.25, 0.3) is 0 Å². The van der Waals surface area contributed by atoms with Gasteiger partial charge in [0, 0.05) is 12.4 Å². The first-order valence-corrected chi connectivity index (χ1v) is 8.77. The third-order valence-corrected chi connectivity index (χ3v) is 5.07. The molecule has 0 atom stereocenters. The molecule has 0 N–H and O–H groups in total. The number of nitrogens with zero attached hydrogens (tertiary/aromatic N) is 2. The highest BCUT2D eigenvalue weighted by atomic mass is 32.2. The van der Waals surface area contributed by atoms with Gasteiger partial charge in [0.15, 0.2) is 0 Å². The number of imidazole rings is 1. The molecule has 1 heterocycles. The first-order valence-electron chi connectivity index (χ1n) is 7.12. The van der Waals surface area contributed by atoms with E-state index >= 15 is 0 Å². The van der Waals surface area contributed by atoms with Crippen LogP contribution in [0.1, 0.15) is 5.56 Å². The van der Waals surface area contributed by atoms with E-state index in [-0.39, 0.29) is 10.9 Å². The molecule has 0 unspecified atom stereocenters. The quantitative estimate of drug-likeness (QED) is 0.722. The van der Waals surface area contributed by atoms with Crippen LogP contribution < -0.4 is 0 Å². The molecular formula is C17H15FN2O2S. The molecule has 0 aliphatic heterocycles. The number of hydrogen-bond acceptors (Lipinski definition) is 3. The predicted octanol–water partition coefficient (Wildman–Crippen LogP) is 3.03. The van der Waals surface area contributed by atoms with Crippen LogP contribution in [0.5, 0.6) is 0 Å². The summed E-state index contributed by atoms with van der Waals surface area (Å²) in [5, 5.41) is -0.0703. The van der Waals surface area contributed by atoms with Gasteiger partial charge in [-0.25, -0.2) is 17.8 Å². The lowest BCUT2D eigenvalue weighted by atomic mass is 10.2. The minimum Gasteiger partial charge on any atom is -0.291 e. The van der Waals surface area contributed by atoms with Crippen LogP contribution >= 0.6 is 0 Å². The highest BCUT2D eigenvalue weighted by molar-refractivity contribution is 7.91. The van der Waals surface area contributed by atoms with Gasteiger partial charge < -0.3 is 0 Å². The Hall–Kier alpha value is -2.47. The van der Waals surface area contributed by atoms with Gasteiger partial charge in [0.2, 0.25) is 15.0 Å². The fourth-order valence-corrected chi connectivity index (χ4v) is 3.70. The Balaban J connectivity index is 1.88. The Kier molecular flexibility index (Phi) is 4.25. The second-order valence-electron chi connectivity index (χ2n) is 5.11. The summed E-state index contributed by atoms with van der Waals surface area (Å²) in [7, 11) is -3.58. The van der Waals surface area contributed by atoms with E-state index < -0.39 is 15.7 Å². The van der Waals surface area contributed by atoms with Gasteiger partial charge in [-0.3, -0.25) is 4.57 Å². The summed E-state index contributed by atoms with van der Waals surface area (Å²) in [5.41, 5.74) is 1.38. The molecule has 23 heavy (non-hydrogen) atoms. The fraction of sp³-hybridized carbons (Fsp3) is 0.118. The molecule has 0 saturated heterocycles. The number of hydrogen-bond donors (Lipinski definition) is 0. The lowest BCUT2D eigenvalue weighted by molar-refractivity contribution is 0.582. The molecular weight excluding hydrogens is 315 g/mol. The number of benzene rings is 2. The van der Waals surface area contributed by atoms with Gasteiger partial charge in [-0.1, -0.05) is 36.4 Å². The van der Waals surface area contributed by atoms with Gasteiger partial charge in [-0.05, 0) is 30.2 Å². The van der Waals surface area contributed by atoms with E-state index in [9.17, 15) is 12.8 Å². The average Bonchev–Trinajstić information content (AvgIpc) is 3.05. The Morgan fingerprint density at radius 2 is 1.83 bits per heavy atom. The summed E-state index contributed by atoms with van der Waals surface area (Å²) in [4.78, 5) is 3.96. The number of halogens is 1. The zero-order valence-electron chi connectivity index (χ0n) is 12.3. The number of rotatable bonds is 5. The molecule has 0 bridgehead atoms. The largest absolute Gasteiger partial charge is 0.291 e. The van der Waals surface area contributed by atoms with Gasteiger partial charge in [0.05, 0.1) is 11.4 Å². The molecule has 0 fully saturated rings. The van der Waals surface area contributed by atoms with Crippen molar-refractivity contribution >= 4 is 9.84 Å². The van der Waals surface area contributed by atoms with Crippen LogP contribution in [0, 0.1) is 5.82 Å². The number of sulfone groups is 1. The molecule has 3 rings (SSSR count). The molecule has 0 amide bonds. The summed E-state index contributed by atoms with van der Waals surface area (Å²) < 4.78 is 39.9. The normalized spacial score (nSPS) is 11.5. The third-order valence-electron chi connectivity index (χ3n) is 3.47. The first-order chi connectivity index (χ1) is 11.1. The van der Waals surface area contributed by atoms with Crippen molar-refractivity contribution in [3.63, 3.8) is 0 Å². The van der Waals surface area contributed by atoms with Crippen LogP contribution in [0.4, 0.5) is 4.39 Å². The molecule has 1 aromatic heterocycles. The second kappa shape index (κ2) is 6.34. The Morgan fingerprint density at radius 3 is 2.57 bits per heavy atom. The van der Waals surface area contributed by atoms with Gasteiger partial charge in [0.1, 0.15) is 5.82 Å². The van der Waals surface area contributed by atoms with Crippen molar-refractivity contribution in [2.24, 2.45) is 0 Å². The third kappa shape index (κ3) is 3.48. The molecule has 3 aromatic rings. The van der Waals surface area contributed by atoms with Crippen molar-refractivity contribution in [3.05, 3.63) is 78.4 Å². The molecule has 0 saturated carbocycles. The van der Waals surface area contributed by atoms with E-state index in [2.05, 4.69) is 4.98 Å². The molecule has 0 aliphatic rings. The van der Waals surface area contributed by atoms with Crippen molar-refractivity contribution in [2.45, 2.75) is 11.6 Å². The first kappa shape index (κ1) is 15.4. The lowest BCUT2D eigenvalue weighted by Crippen LogP contribution is -2.14. The minimum atomic E-state index is -3.58. The van der Waals surface area contributed by atoms with Crippen LogP contribution in [0.2, 0.25) is 0 Å². The maximum absolute atomic E-state index is 13.4. The van der Waals surface area contributed by atoms with Crippen LogP contribution in [-0.2, 0) is 16.3 Å². The van der Waals surface area contributed by atoms with E-state index in [0.29, 0.717) is 12.1 Å². The lowest BCUT2D eigenvalue weighted by Gasteiger charge is -2.09. The number of aromatic nitrogens is 2. The predicted molar refractivity (Wildman–Crippen MR) is 85.7 cm³/mol. The van der Waals surface area contributed by atoms with Crippen molar-refractivity contribution in [1.82, 2.24) is 9.55 Å². The van der Waals surface area contributed by atoms with Crippen LogP contribution in [0.25, 0.3) is 5.69 Å². The minimum absolute atomic E-state index is 0.0522. The zero-order chi connectivity index (χ0) is 16.3. The molecule has 2 aromatic carbocycles. The van der Waals surface area contributed by atoms with E-state index in [4.69, 9.17) is 0 Å². The molecule has 4 nitrogen and oxygen atoms in total. The maximum Gasteiger partial charge on any atom is 0.232 e. The maximum atomic E-state index is 13.4. The fourth-order valence-electron chi connectivity index (χ4n) is 2.33. The summed E-state index contributed by atoms with van der Waals surface area (Å²) in [6.45, 7) is 0. The van der Waals surface area contributed by atoms with Crippen LogP contribution in [0.15, 0.2) is 72.1 Å². The Bertz CT molecular complexity index is 905. The second-order valence-corrected chi connectivity index (χ2v) is 7.12.